The molecule has 0 aromatic carbocycles. The second-order valence-electron chi connectivity index (χ2n) is 4.41. The summed E-state index contributed by atoms with van der Waals surface area (Å²) in [6, 6.07) is 2.64. The number of rotatable bonds is 2. The Morgan fingerprint density at radius 1 is 1.41 bits per heavy atom. The van der Waals surface area contributed by atoms with E-state index in [1.807, 2.05) is 0 Å². The van der Waals surface area contributed by atoms with Crippen LogP contribution in [-0.2, 0) is 4.79 Å². The molecular formula is C12H16FN3O. The molecule has 1 aliphatic rings. The van der Waals surface area contributed by atoms with Gasteiger partial charge in [-0.1, -0.05) is 12.8 Å². The second-order valence-corrected chi connectivity index (χ2v) is 4.41. The molecule has 1 aromatic heterocycles. The summed E-state index contributed by atoms with van der Waals surface area (Å²) in [6.45, 7) is 0. The Morgan fingerprint density at radius 3 is 2.82 bits per heavy atom. The van der Waals surface area contributed by atoms with E-state index >= 15 is 0 Å². The van der Waals surface area contributed by atoms with Gasteiger partial charge in [0.25, 0.3) is 0 Å². The minimum Gasteiger partial charge on any atom is -0.327 e. The quantitative estimate of drug-likeness (QED) is 0.769. The zero-order chi connectivity index (χ0) is 12.3. The van der Waals surface area contributed by atoms with Crippen molar-refractivity contribution in [3.63, 3.8) is 0 Å². The van der Waals surface area contributed by atoms with Crippen molar-refractivity contribution in [2.75, 3.05) is 5.32 Å². The summed E-state index contributed by atoms with van der Waals surface area (Å²) >= 11 is 0. The molecule has 1 saturated carbocycles. The average molecular weight is 237 g/mol. The van der Waals surface area contributed by atoms with Crippen LogP contribution in [0.4, 0.5) is 10.1 Å². The van der Waals surface area contributed by atoms with Crippen LogP contribution in [0.1, 0.15) is 25.7 Å². The van der Waals surface area contributed by atoms with E-state index in [1.54, 1.807) is 0 Å². The Kier molecular flexibility index (Phi) is 3.68. The van der Waals surface area contributed by atoms with Gasteiger partial charge in [0.1, 0.15) is 0 Å². The van der Waals surface area contributed by atoms with Gasteiger partial charge in [0, 0.05) is 6.04 Å². The van der Waals surface area contributed by atoms with Crippen LogP contribution in [0.15, 0.2) is 18.3 Å². The molecule has 2 rings (SSSR count). The Bertz CT molecular complexity index is 393. The smallest absolute Gasteiger partial charge is 0.229 e. The van der Waals surface area contributed by atoms with Crippen molar-refractivity contribution in [3.8, 4) is 0 Å². The highest BCUT2D eigenvalue weighted by Gasteiger charge is 2.28. The van der Waals surface area contributed by atoms with Crippen molar-refractivity contribution < 1.29 is 9.18 Å². The highest BCUT2D eigenvalue weighted by atomic mass is 19.1. The molecule has 17 heavy (non-hydrogen) atoms. The van der Waals surface area contributed by atoms with E-state index < -0.39 is 5.95 Å². The molecule has 2 atom stereocenters. The fraction of sp³-hybridized carbons (Fsp3) is 0.500. The zero-order valence-corrected chi connectivity index (χ0v) is 9.53. The normalized spacial score (nSPS) is 24.4. The maximum absolute atomic E-state index is 12.6. The van der Waals surface area contributed by atoms with E-state index in [4.69, 9.17) is 5.73 Å². The van der Waals surface area contributed by atoms with E-state index in [0.29, 0.717) is 5.69 Å². The van der Waals surface area contributed by atoms with Crippen LogP contribution in [0, 0.1) is 11.9 Å². The van der Waals surface area contributed by atoms with Crippen LogP contribution in [-0.4, -0.2) is 16.9 Å². The molecule has 5 heteroatoms. The summed E-state index contributed by atoms with van der Waals surface area (Å²) in [5, 5.41) is 2.72. The fourth-order valence-corrected chi connectivity index (χ4v) is 2.17. The number of pyridine rings is 1. The van der Waals surface area contributed by atoms with E-state index in [1.165, 1.54) is 18.3 Å². The second kappa shape index (κ2) is 5.23. The molecule has 0 aliphatic heterocycles. The summed E-state index contributed by atoms with van der Waals surface area (Å²) in [5.41, 5.74) is 6.43. The summed E-state index contributed by atoms with van der Waals surface area (Å²) in [4.78, 5) is 15.4. The summed E-state index contributed by atoms with van der Waals surface area (Å²) < 4.78 is 12.6. The van der Waals surface area contributed by atoms with Crippen LogP contribution in [0.25, 0.3) is 0 Å². The van der Waals surface area contributed by atoms with Crippen LogP contribution in [0.2, 0.25) is 0 Å². The maximum atomic E-state index is 12.6. The van der Waals surface area contributed by atoms with Crippen molar-refractivity contribution in [3.05, 3.63) is 24.3 Å². The Balaban J connectivity index is 1.98. The first-order valence-electron chi connectivity index (χ1n) is 5.85. The third-order valence-corrected chi connectivity index (χ3v) is 3.15. The van der Waals surface area contributed by atoms with E-state index in [0.717, 1.165) is 25.7 Å². The van der Waals surface area contributed by atoms with E-state index in [2.05, 4.69) is 10.3 Å². The number of nitrogens with one attached hydrogen (secondary N) is 1. The monoisotopic (exact) mass is 237 g/mol. The first-order chi connectivity index (χ1) is 8.16. The standard InChI is InChI=1S/C12H16FN3O/c13-11-6-5-8(7-15-11)16-12(17)9-3-1-2-4-10(9)14/h5-7,9-10H,1-4,14H2,(H,16,17). The molecule has 92 valence electrons. The molecule has 1 amide bonds. The highest BCUT2D eigenvalue weighted by Crippen LogP contribution is 2.24. The number of hydrogen-bond acceptors (Lipinski definition) is 3. The third-order valence-electron chi connectivity index (χ3n) is 3.15. The zero-order valence-electron chi connectivity index (χ0n) is 9.53. The SMILES string of the molecule is NC1CCCCC1C(=O)Nc1ccc(F)nc1. The predicted octanol–water partition coefficient (Wildman–Crippen LogP) is 1.68. The van der Waals surface area contributed by atoms with Gasteiger partial charge in [-0.15, -0.1) is 0 Å². The van der Waals surface area contributed by atoms with Gasteiger partial charge in [-0.2, -0.15) is 4.39 Å². The molecule has 4 nitrogen and oxygen atoms in total. The van der Waals surface area contributed by atoms with Crippen LogP contribution in [0.3, 0.4) is 0 Å². The first kappa shape index (κ1) is 12.0. The molecule has 0 radical (unpaired) electrons. The van der Waals surface area contributed by atoms with Gasteiger partial charge in [0.2, 0.25) is 11.9 Å². The molecule has 0 bridgehead atoms. The largest absolute Gasteiger partial charge is 0.327 e. The number of hydrogen-bond donors (Lipinski definition) is 2. The van der Waals surface area contributed by atoms with Crippen LogP contribution >= 0.6 is 0 Å². The van der Waals surface area contributed by atoms with Gasteiger partial charge < -0.3 is 11.1 Å². The lowest BCUT2D eigenvalue weighted by molar-refractivity contribution is -0.121. The molecule has 3 N–H and O–H groups in total. The van der Waals surface area contributed by atoms with Gasteiger partial charge in [0.05, 0.1) is 17.8 Å². The number of halogens is 1. The van der Waals surface area contributed by atoms with Crippen molar-refractivity contribution in [1.29, 1.82) is 0 Å². The predicted molar refractivity (Wildman–Crippen MR) is 62.8 cm³/mol. The molecule has 0 saturated heterocycles. The number of nitrogens with zero attached hydrogens (tertiary/aromatic N) is 1. The lowest BCUT2D eigenvalue weighted by Crippen LogP contribution is -2.40. The number of carbonyl (C=O) groups excluding carboxylic acids is 1. The van der Waals surface area contributed by atoms with Gasteiger partial charge in [-0.3, -0.25) is 4.79 Å². The molecule has 1 aromatic rings. The van der Waals surface area contributed by atoms with Crippen molar-refractivity contribution in [1.82, 2.24) is 4.98 Å². The number of carbonyl (C=O) groups is 1. The summed E-state index contributed by atoms with van der Waals surface area (Å²) in [6.07, 6.45) is 5.14. The first-order valence-corrected chi connectivity index (χ1v) is 5.85. The van der Waals surface area contributed by atoms with Crippen molar-refractivity contribution in [2.24, 2.45) is 11.7 Å². The van der Waals surface area contributed by atoms with E-state index in [9.17, 15) is 9.18 Å². The topological polar surface area (TPSA) is 68.0 Å². The molecule has 1 aliphatic carbocycles. The van der Waals surface area contributed by atoms with Crippen molar-refractivity contribution in [2.45, 2.75) is 31.7 Å². The third kappa shape index (κ3) is 3.00. The van der Waals surface area contributed by atoms with Gasteiger partial charge >= 0.3 is 0 Å². The highest BCUT2D eigenvalue weighted by molar-refractivity contribution is 5.92. The van der Waals surface area contributed by atoms with Gasteiger partial charge in [-0.25, -0.2) is 4.98 Å². The number of aromatic nitrogens is 1. The average Bonchev–Trinajstić information content (AvgIpc) is 2.32. The van der Waals surface area contributed by atoms with Crippen LogP contribution < -0.4 is 11.1 Å². The lowest BCUT2D eigenvalue weighted by Gasteiger charge is -2.27. The minimum atomic E-state index is -0.558. The summed E-state index contributed by atoms with van der Waals surface area (Å²) in [5.74, 6) is -0.795. The van der Waals surface area contributed by atoms with Crippen LogP contribution in [0.5, 0.6) is 0 Å². The molecular weight excluding hydrogens is 221 g/mol. The maximum Gasteiger partial charge on any atom is 0.229 e. The molecule has 1 heterocycles. The molecule has 2 unspecified atom stereocenters. The number of anilines is 1. The minimum absolute atomic E-state index is 0.0721. The van der Waals surface area contributed by atoms with E-state index in [-0.39, 0.29) is 17.9 Å². The lowest BCUT2D eigenvalue weighted by atomic mass is 9.84. The van der Waals surface area contributed by atoms with Gasteiger partial charge in [0.15, 0.2) is 0 Å². The fourth-order valence-electron chi connectivity index (χ4n) is 2.17. The number of amides is 1. The molecule has 0 spiro atoms. The molecule has 1 fully saturated rings. The van der Waals surface area contributed by atoms with Crippen molar-refractivity contribution >= 4 is 11.6 Å². The number of nitrogens with two attached hydrogens (primary N) is 1. The Morgan fingerprint density at radius 2 is 2.18 bits per heavy atom. The van der Waals surface area contributed by atoms with Gasteiger partial charge in [-0.05, 0) is 25.0 Å². The summed E-state index contributed by atoms with van der Waals surface area (Å²) in [7, 11) is 0. The Hall–Kier alpha value is -1.49. The Labute approximate surface area is 99.4 Å².